The van der Waals surface area contributed by atoms with Gasteiger partial charge in [-0.15, -0.1) is 0 Å². The van der Waals surface area contributed by atoms with Crippen LogP contribution >= 0.6 is 23.1 Å². The molecule has 0 nitrogen and oxygen atoms in total. The number of thiophene rings is 1. The summed E-state index contributed by atoms with van der Waals surface area (Å²) in [4.78, 5) is 7.43. The van der Waals surface area contributed by atoms with Gasteiger partial charge < -0.3 is 0 Å². The van der Waals surface area contributed by atoms with Crippen LogP contribution in [-0.4, -0.2) is 18.4 Å². The molecule has 0 aliphatic heterocycles. The zero-order valence-electron chi connectivity index (χ0n) is 10.6. The van der Waals surface area contributed by atoms with E-state index in [1.807, 2.05) is 23.1 Å². The molecule has 0 amide bonds. The molecule has 0 atom stereocenters. The molecule has 0 saturated carbocycles. The van der Waals surface area contributed by atoms with E-state index in [2.05, 4.69) is 57.3 Å². The van der Waals surface area contributed by atoms with Gasteiger partial charge >= 0.3 is 117 Å². The third-order valence-electron chi connectivity index (χ3n) is 2.54. The van der Waals surface area contributed by atoms with Crippen LogP contribution in [0, 0.1) is 0 Å². The quantitative estimate of drug-likeness (QED) is 0.562. The summed E-state index contributed by atoms with van der Waals surface area (Å²) in [7, 11) is 0. The minimum atomic E-state index is -1.83. The van der Waals surface area contributed by atoms with Gasteiger partial charge in [0, 0.05) is 0 Å². The van der Waals surface area contributed by atoms with Crippen LogP contribution < -0.4 is 2.89 Å². The number of benzene rings is 1. The summed E-state index contributed by atoms with van der Waals surface area (Å²) < 4.78 is 3.14. The van der Waals surface area contributed by atoms with E-state index < -0.39 is 18.4 Å². The number of hydrogen-bond donors (Lipinski definition) is 0. The Morgan fingerprint density at radius 2 is 1.71 bits per heavy atom. The molecule has 0 fully saturated rings. The van der Waals surface area contributed by atoms with Crippen molar-refractivity contribution >= 4 is 44.4 Å². The molecule has 0 N–H and O–H groups in total. The van der Waals surface area contributed by atoms with E-state index >= 15 is 0 Å². The van der Waals surface area contributed by atoms with Crippen LogP contribution in [-0.2, 0) is 5.75 Å². The predicted molar refractivity (Wildman–Crippen MR) is 83.3 cm³/mol. The van der Waals surface area contributed by atoms with Crippen molar-refractivity contribution < 1.29 is 0 Å². The molecule has 1 aromatic carbocycles. The van der Waals surface area contributed by atoms with Gasteiger partial charge in [-0.25, -0.2) is 0 Å². The second-order valence-electron chi connectivity index (χ2n) is 5.14. The van der Waals surface area contributed by atoms with Crippen molar-refractivity contribution in [3.63, 3.8) is 0 Å². The monoisotopic (exact) mass is 370 g/mol. The van der Waals surface area contributed by atoms with Crippen molar-refractivity contribution in [2.75, 3.05) is 0 Å². The Morgan fingerprint density at radius 3 is 2.29 bits per heavy atom. The number of hydrogen-bond acceptors (Lipinski definition) is 2. The van der Waals surface area contributed by atoms with Gasteiger partial charge in [-0.05, 0) is 0 Å². The van der Waals surface area contributed by atoms with E-state index in [-0.39, 0.29) is 0 Å². The topological polar surface area (TPSA) is 0 Å². The third kappa shape index (κ3) is 4.04. The normalized spacial score (nSPS) is 11.7. The first kappa shape index (κ1) is 13.5. The summed E-state index contributed by atoms with van der Waals surface area (Å²) in [6.07, 6.45) is 0. The van der Waals surface area contributed by atoms with Crippen LogP contribution in [0.2, 0.25) is 14.8 Å². The summed E-state index contributed by atoms with van der Waals surface area (Å²) >= 11 is 2.15. The van der Waals surface area contributed by atoms with E-state index in [1.54, 1.807) is 2.89 Å². The Hall–Kier alpha value is 0.0687. The zero-order chi connectivity index (χ0) is 12.3. The summed E-state index contributed by atoms with van der Waals surface area (Å²) in [6.45, 7) is 0. The molecular formula is C14H18S2Sn. The van der Waals surface area contributed by atoms with Crippen molar-refractivity contribution in [3.8, 4) is 0 Å². The fourth-order valence-corrected chi connectivity index (χ4v) is 9.53. The van der Waals surface area contributed by atoms with Crippen LogP contribution in [0.15, 0.2) is 46.7 Å². The van der Waals surface area contributed by atoms with Crippen LogP contribution in [0.4, 0.5) is 0 Å². The molecule has 0 unspecified atom stereocenters. The van der Waals surface area contributed by atoms with Gasteiger partial charge in [0.15, 0.2) is 0 Å². The Morgan fingerprint density at radius 1 is 1.00 bits per heavy atom. The Bertz CT molecular complexity index is 468. The second-order valence-corrected chi connectivity index (χ2v) is 22.9. The summed E-state index contributed by atoms with van der Waals surface area (Å²) in [5.41, 5.74) is 1.41. The summed E-state index contributed by atoms with van der Waals surface area (Å²) in [5, 5.41) is 0. The molecule has 3 heteroatoms. The Kier molecular flexibility index (Phi) is 4.61. The molecule has 2 rings (SSSR count). The van der Waals surface area contributed by atoms with Crippen LogP contribution in [0.25, 0.3) is 0 Å². The Balaban J connectivity index is 1.99. The first-order chi connectivity index (χ1) is 8.05. The number of rotatable bonds is 4. The first-order valence-electron chi connectivity index (χ1n) is 5.83. The summed E-state index contributed by atoms with van der Waals surface area (Å²) in [6, 6.07) is 15.4. The van der Waals surface area contributed by atoms with Crippen molar-refractivity contribution in [2.24, 2.45) is 0 Å². The van der Waals surface area contributed by atoms with E-state index in [1.165, 1.54) is 9.77 Å². The number of thioether (sulfide) groups is 1. The maximum atomic E-state index is 2.48. The fourth-order valence-electron chi connectivity index (χ4n) is 1.53. The molecule has 2 aromatic rings. The molecular weight excluding hydrogens is 351 g/mol. The molecule has 0 aliphatic rings. The van der Waals surface area contributed by atoms with Gasteiger partial charge in [0.1, 0.15) is 0 Å². The van der Waals surface area contributed by atoms with Gasteiger partial charge in [-0.2, -0.15) is 0 Å². The van der Waals surface area contributed by atoms with Crippen LogP contribution in [0.3, 0.4) is 0 Å². The molecule has 0 bridgehead atoms. The van der Waals surface area contributed by atoms with E-state index in [0.717, 1.165) is 5.75 Å². The zero-order valence-corrected chi connectivity index (χ0v) is 15.1. The average molecular weight is 369 g/mol. The van der Waals surface area contributed by atoms with Gasteiger partial charge in [0.05, 0.1) is 0 Å². The molecule has 0 radical (unpaired) electrons. The van der Waals surface area contributed by atoms with Gasteiger partial charge in [0.25, 0.3) is 0 Å². The van der Waals surface area contributed by atoms with E-state index in [9.17, 15) is 0 Å². The first-order valence-corrected chi connectivity index (χ1v) is 17.6. The third-order valence-corrected chi connectivity index (χ3v) is 14.4. The Labute approximate surface area is 116 Å². The molecule has 1 heterocycles. The van der Waals surface area contributed by atoms with Gasteiger partial charge in [-0.3, -0.25) is 0 Å². The maximum absolute atomic E-state index is 2.48. The van der Waals surface area contributed by atoms with Crippen molar-refractivity contribution in [1.82, 2.24) is 0 Å². The van der Waals surface area contributed by atoms with E-state index in [4.69, 9.17) is 0 Å². The van der Waals surface area contributed by atoms with Gasteiger partial charge in [0.2, 0.25) is 0 Å². The molecule has 0 spiro atoms. The minimum absolute atomic E-state index is 1.08. The molecule has 17 heavy (non-hydrogen) atoms. The summed E-state index contributed by atoms with van der Waals surface area (Å²) in [5.74, 6) is 1.08. The molecule has 0 saturated heterocycles. The van der Waals surface area contributed by atoms with Crippen molar-refractivity contribution in [2.45, 2.75) is 24.8 Å². The van der Waals surface area contributed by atoms with Gasteiger partial charge in [-0.1, -0.05) is 0 Å². The van der Waals surface area contributed by atoms with Crippen LogP contribution in [0.5, 0.6) is 0 Å². The SMILES string of the molecule is [CH3][Sn]([CH3])([CH3])[c]1ccc(SCc2ccccc2)s1. The van der Waals surface area contributed by atoms with Crippen LogP contribution in [0.1, 0.15) is 5.56 Å². The predicted octanol–water partition coefficient (Wildman–Crippen LogP) is 4.59. The average Bonchev–Trinajstić information content (AvgIpc) is 2.76. The second kappa shape index (κ2) is 5.81. The molecule has 1 aromatic heterocycles. The standard InChI is InChI=1S/C11H9S2.3CH3.Sn/c1-2-5-10(6-3-1)9-13-11-7-4-8-12-11;;;;/h1-7H,9H2;3*1H3;. The molecule has 0 aliphatic carbocycles. The van der Waals surface area contributed by atoms with Crippen molar-refractivity contribution in [3.05, 3.63) is 48.0 Å². The molecule has 90 valence electrons. The van der Waals surface area contributed by atoms with Crippen molar-refractivity contribution in [1.29, 1.82) is 0 Å². The van der Waals surface area contributed by atoms with E-state index in [0.29, 0.717) is 0 Å². The fraction of sp³-hybridized carbons (Fsp3) is 0.286.